The third-order valence-electron chi connectivity index (χ3n) is 3.40. The minimum Gasteiger partial charge on any atom is -0.396 e. The average molecular weight is 279 g/mol. The summed E-state index contributed by atoms with van der Waals surface area (Å²) in [6.07, 6.45) is 0.898. The summed E-state index contributed by atoms with van der Waals surface area (Å²) in [5, 5.41) is 9.07. The van der Waals surface area contributed by atoms with E-state index >= 15 is 0 Å². The summed E-state index contributed by atoms with van der Waals surface area (Å²) < 4.78 is 0. The third kappa shape index (κ3) is 3.51. The van der Waals surface area contributed by atoms with Crippen molar-refractivity contribution in [2.24, 2.45) is 5.92 Å². The molecule has 1 fully saturated rings. The Hall–Kier alpha value is -1.00. The van der Waals surface area contributed by atoms with Crippen LogP contribution in [0.15, 0.2) is 24.3 Å². The van der Waals surface area contributed by atoms with Crippen LogP contribution in [0.25, 0.3) is 0 Å². The summed E-state index contributed by atoms with van der Waals surface area (Å²) in [6.45, 7) is 5.04. The molecule has 1 heterocycles. The Bertz CT molecular complexity index is 432. The van der Waals surface area contributed by atoms with Gasteiger partial charge in [-0.3, -0.25) is 4.79 Å². The van der Waals surface area contributed by atoms with Gasteiger partial charge in [-0.15, -0.1) is 11.8 Å². The highest BCUT2D eigenvalue weighted by molar-refractivity contribution is 8.00. The van der Waals surface area contributed by atoms with Crippen LogP contribution < -0.4 is 4.90 Å². The number of rotatable bonds is 5. The SMILES string of the molecule is Cc1ccc(N2CCC(SCC(C)CO)C2=O)cc1. The molecular weight excluding hydrogens is 258 g/mol. The van der Waals surface area contributed by atoms with Crippen molar-refractivity contribution in [1.29, 1.82) is 0 Å². The summed E-state index contributed by atoms with van der Waals surface area (Å²) in [5.74, 6) is 1.31. The van der Waals surface area contributed by atoms with Gasteiger partial charge < -0.3 is 10.0 Å². The molecule has 1 aromatic carbocycles. The van der Waals surface area contributed by atoms with Crippen LogP contribution >= 0.6 is 11.8 Å². The molecular formula is C15H21NO2S. The van der Waals surface area contributed by atoms with Crippen molar-refractivity contribution in [3.8, 4) is 0 Å². The quantitative estimate of drug-likeness (QED) is 0.900. The Balaban J connectivity index is 1.96. The van der Waals surface area contributed by atoms with Crippen molar-refractivity contribution in [1.82, 2.24) is 0 Å². The smallest absolute Gasteiger partial charge is 0.240 e. The number of hydrogen-bond donors (Lipinski definition) is 1. The van der Waals surface area contributed by atoms with Gasteiger partial charge in [0.2, 0.25) is 5.91 Å². The van der Waals surface area contributed by atoms with Crippen molar-refractivity contribution in [2.45, 2.75) is 25.5 Å². The van der Waals surface area contributed by atoms with E-state index in [-0.39, 0.29) is 23.7 Å². The van der Waals surface area contributed by atoms with E-state index in [1.807, 2.05) is 43.0 Å². The van der Waals surface area contributed by atoms with Gasteiger partial charge in [-0.2, -0.15) is 0 Å². The molecule has 1 N–H and O–H groups in total. The Morgan fingerprint density at radius 1 is 1.42 bits per heavy atom. The molecule has 3 nitrogen and oxygen atoms in total. The van der Waals surface area contributed by atoms with Crippen LogP contribution in [0.1, 0.15) is 18.9 Å². The number of aliphatic hydroxyl groups excluding tert-OH is 1. The molecule has 1 aromatic rings. The lowest BCUT2D eigenvalue weighted by atomic mass is 10.2. The average Bonchev–Trinajstić information content (AvgIpc) is 2.78. The van der Waals surface area contributed by atoms with Crippen LogP contribution in [0.3, 0.4) is 0 Å². The monoisotopic (exact) mass is 279 g/mol. The zero-order valence-electron chi connectivity index (χ0n) is 11.5. The fourth-order valence-corrected chi connectivity index (χ4v) is 3.33. The summed E-state index contributed by atoms with van der Waals surface area (Å²) in [6, 6.07) is 8.10. The second-order valence-corrected chi connectivity index (χ2v) is 6.46. The number of carbonyl (C=O) groups is 1. The number of hydrogen-bond acceptors (Lipinski definition) is 3. The highest BCUT2D eigenvalue weighted by Gasteiger charge is 2.32. The molecule has 1 aliphatic rings. The molecule has 0 bridgehead atoms. The molecule has 1 amide bonds. The molecule has 2 atom stereocenters. The molecule has 0 saturated carbocycles. The van der Waals surface area contributed by atoms with Crippen molar-refractivity contribution in [3.05, 3.63) is 29.8 Å². The normalized spacial score (nSPS) is 20.9. The van der Waals surface area contributed by atoms with Crippen LogP contribution in [-0.2, 0) is 4.79 Å². The first kappa shape index (κ1) is 14.4. The molecule has 19 heavy (non-hydrogen) atoms. The van der Waals surface area contributed by atoms with Gasteiger partial charge in [-0.25, -0.2) is 0 Å². The van der Waals surface area contributed by atoms with E-state index in [9.17, 15) is 4.79 Å². The van der Waals surface area contributed by atoms with Gasteiger partial charge in [0, 0.05) is 18.8 Å². The van der Waals surface area contributed by atoms with Gasteiger partial charge in [0.05, 0.1) is 5.25 Å². The Morgan fingerprint density at radius 3 is 2.74 bits per heavy atom. The standard InChI is InChI=1S/C15H21NO2S/c1-11-3-5-13(6-4-11)16-8-7-14(15(16)18)19-10-12(2)9-17/h3-6,12,14,17H,7-10H2,1-2H3. The highest BCUT2D eigenvalue weighted by atomic mass is 32.2. The first-order valence-electron chi connectivity index (χ1n) is 6.72. The molecule has 2 rings (SSSR count). The van der Waals surface area contributed by atoms with E-state index in [0.29, 0.717) is 0 Å². The molecule has 1 saturated heterocycles. The number of thioether (sulfide) groups is 1. The largest absolute Gasteiger partial charge is 0.396 e. The first-order valence-corrected chi connectivity index (χ1v) is 7.77. The van der Waals surface area contributed by atoms with Crippen molar-refractivity contribution in [2.75, 3.05) is 23.8 Å². The van der Waals surface area contributed by atoms with E-state index in [1.54, 1.807) is 11.8 Å². The Morgan fingerprint density at radius 2 is 2.11 bits per heavy atom. The summed E-state index contributed by atoms with van der Waals surface area (Å²) in [5.41, 5.74) is 2.20. The number of benzene rings is 1. The summed E-state index contributed by atoms with van der Waals surface area (Å²) >= 11 is 1.68. The number of amides is 1. The van der Waals surface area contributed by atoms with E-state index in [2.05, 4.69) is 0 Å². The van der Waals surface area contributed by atoms with Crippen LogP contribution in [0, 0.1) is 12.8 Å². The van der Waals surface area contributed by atoms with Crippen molar-refractivity contribution in [3.63, 3.8) is 0 Å². The summed E-state index contributed by atoms with van der Waals surface area (Å²) in [7, 11) is 0. The number of carbonyl (C=O) groups excluding carboxylic acids is 1. The Labute approximate surface area is 119 Å². The molecule has 0 aliphatic carbocycles. The van der Waals surface area contributed by atoms with E-state index in [4.69, 9.17) is 5.11 Å². The zero-order chi connectivity index (χ0) is 13.8. The highest BCUT2D eigenvalue weighted by Crippen LogP contribution is 2.29. The molecule has 0 radical (unpaired) electrons. The maximum atomic E-state index is 12.3. The van der Waals surface area contributed by atoms with Crippen molar-refractivity contribution < 1.29 is 9.90 Å². The van der Waals surface area contributed by atoms with E-state index in [1.165, 1.54) is 5.56 Å². The lowest BCUT2D eigenvalue weighted by Crippen LogP contribution is -2.28. The predicted molar refractivity (Wildman–Crippen MR) is 80.6 cm³/mol. The predicted octanol–water partition coefficient (Wildman–Crippen LogP) is 2.46. The fraction of sp³-hybridized carbons (Fsp3) is 0.533. The summed E-state index contributed by atoms with van der Waals surface area (Å²) in [4.78, 5) is 14.2. The van der Waals surface area contributed by atoms with Gasteiger partial charge in [0.1, 0.15) is 0 Å². The van der Waals surface area contributed by atoms with Crippen LogP contribution in [0.2, 0.25) is 0 Å². The molecule has 4 heteroatoms. The molecule has 0 aromatic heterocycles. The Kier molecular flexibility index (Phi) is 4.88. The lowest BCUT2D eigenvalue weighted by Gasteiger charge is -2.17. The van der Waals surface area contributed by atoms with Gasteiger partial charge >= 0.3 is 0 Å². The third-order valence-corrected chi connectivity index (χ3v) is 5.00. The number of nitrogens with zero attached hydrogens (tertiary/aromatic N) is 1. The number of aliphatic hydroxyl groups is 1. The number of anilines is 1. The molecule has 2 unspecified atom stereocenters. The van der Waals surface area contributed by atoms with Crippen LogP contribution in [-0.4, -0.2) is 35.2 Å². The molecule has 104 valence electrons. The van der Waals surface area contributed by atoms with Crippen LogP contribution in [0.5, 0.6) is 0 Å². The first-order chi connectivity index (χ1) is 9.11. The maximum Gasteiger partial charge on any atom is 0.240 e. The van der Waals surface area contributed by atoms with Crippen LogP contribution in [0.4, 0.5) is 5.69 Å². The second kappa shape index (κ2) is 6.44. The van der Waals surface area contributed by atoms with Gasteiger partial charge in [0.25, 0.3) is 0 Å². The molecule has 0 spiro atoms. The lowest BCUT2D eigenvalue weighted by molar-refractivity contribution is -0.116. The second-order valence-electron chi connectivity index (χ2n) is 5.22. The topological polar surface area (TPSA) is 40.5 Å². The zero-order valence-corrected chi connectivity index (χ0v) is 12.3. The van der Waals surface area contributed by atoms with Gasteiger partial charge in [-0.05, 0) is 37.1 Å². The van der Waals surface area contributed by atoms with Gasteiger partial charge in [-0.1, -0.05) is 24.6 Å². The van der Waals surface area contributed by atoms with Crippen molar-refractivity contribution >= 4 is 23.4 Å². The van der Waals surface area contributed by atoms with E-state index in [0.717, 1.165) is 24.4 Å². The fourth-order valence-electron chi connectivity index (χ4n) is 2.12. The molecule has 1 aliphatic heterocycles. The van der Waals surface area contributed by atoms with Gasteiger partial charge in [0.15, 0.2) is 0 Å². The minimum atomic E-state index is 0.0512. The van der Waals surface area contributed by atoms with E-state index < -0.39 is 0 Å². The number of aryl methyl sites for hydroxylation is 1. The maximum absolute atomic E-state index is 12.3. The minimum absolute atomic E-state index is 0.0512.